The highest BCUT2D eigenvalue weighted by Gasteiger charge is 2.20. The monoisotopic (exact) mass is 351 g/mol. The molecule has 0 aliphatic heterocycles. The molecular formula is C18H25NO4S. The van der Waals surface area contributed by atoms with E-state index in [0.717, 1.165) is 17.1 Å². The minimum absolute atomic E-state index is 0.174. The first kappa shape index (κ1) is 18.5. The molecule has 1 aromatic heterocycles. The van der Waals surface area contributed by atoms with E-state index in [1.165, 1.54) is 0 Å². The van der Waals surface area contributed by atoms with Crippen LogP contribution in [0.4, 0.5) is 0 Å². The molecule has 1 heterocycles. The molecule has 2 rings (SSSR count). The molecule has 0 radical (unpaired) electrons. The van der Waals surface area contributed by atoms with E-state index in [1.807, 2.05) is 26.0 Å². The van der Waals surface area contributed by atoms with Gasteiger partial charge in [0.05, 0.1) is 18.3 Å². The maximum absolute atomic E-state index is 12.6. The lowest BCUT2D eigenvalue weighted by atomic mass is 10.0. The van der Waals surface area contributed by atoms with Crippen molar-refractivity contribution >= 4 is 10.0 Å². The zero-order valence-electron chi connectivity index (χ0n) is 14.6. The predicted octanol–water partition coefficient (Wildman–Crippen LogP) is 3.63. The van der Waals surface area contributed by atoms with Crippen LogP contribution in [0, 0.1) is 6.92 Å². The van der Waals surface area contributed by atoms with Crippen LogP contribution in [0.25, 0.3) is 0 Å². The number of methoxy groups -OCH3 is 1. The average Bonchev–Trinajstić information content (AvgIpc) is 3.04. The van der Waals surface area contributed by atoms with Crippen molar-refractivity contribution in [2.45, 2.75) is 44.4 Å². The molecule has 0 aliphatic rings. The number of furan rings is 1. The molecule has 132 valence electrons. The van der Waals surface area contributed by atoms with Gasteiger partial charge in [0.15, 0.2) is 0 Å². The second kappa shape index (κ2) is 7.85. The molecule has 0 amide bonds. The number of benzene rings is 1. The summed E-state index contributed by atoms with van der Waals surface area (Å²) in [7, 11) is -1.95. The van der Waals surface area contributed by atoms with Gasteiger partial charge in [0.2, 0.25) is 10.0 Å². The highest BCUT2D eigenvalue weighted by molar-refractivity contribution is 7.89. The van der Waals surface area contributed by atoms with Crippen molar-refractivity contribution in [2.24, 2.45) is 0 Å². The molecule has 6 heteroatoms. The Bertz CT molecular complexity index is 765. The predicted molar refractivity (Wildman–Crippen MR) is 94.0 cm³/mol. The summed E-state index contributed by atoms with van der Waals surface area (Å²) in [5.74, 6) is 1.75. The quantitative estimate of drug-likeness (QED) is 0.737. The van der Waals surface area contributed by atoms with E-state index in [2.05, 4.69) is 4.72 Å². The Morgan fingerprint density at radius 2 is 2.04 bits per heavy atom. The van der Waals surface area contributed by atoms with Gasteiger partial charge in [0, 0.05) is 13.0 Å². The summed E-state index contributed by atoms with van der Waals surface area (Å²) in [5.41, 5.74) is 1.56. The molecule has 24 heavy (non-hydrogen) atoms. The smallest absolute Gasteiger partial charge is 0.240 e. The van der Waals surface area contributed by atoms with Gasteiger partial charge in [-0.25, -0.2) is 13.1 Å². The van der Waals surface area contributed by atoms with Gasteiger partial charge in [-0.3, -0.25) is 0 Å². The Labute approximate surface area is 144 Å². The zero-order chi connectivity index (χ0) is 17.7. The van der Waals surface area contributed by atoms with Crippen LogP contribution < -0.4 is 9.46 Å². The van der Waals surface area contributed by atoms with Gasteiger partial charge in [-0.2, -0.15) is 0 Å². The second-order valence-corrected chi connectivity index (χ2v) is 7.83. The maximum atomic E-state index is 12.6. The van der Waals surface area contributed by atoms with E-state index >= 15 is 0 Å². The summed E-state index contributed by atoms with van der Waals surface area (Å²) in [4.78, 5) is 0.310. The summed E-state index contributed by atoms with van der Waals surface area (Å²) in [6, 6.07) is 7.21. The molecule has 0 fully saturated rings. The van der Waals surface area contributed by atoms with Crippen molar-refractivity contribution in [3.05, 3.63) is 47.4 Å². The molecule has 0 atom stereocenters. The largest absolute Gasteiger partial charge is 0.496 e. The van der Waals surface area contributed by atoms with Crippen molar-refractivity contribution in [2.75, 3.05) is 13.7 Å². The summed E-state index contributed by atoms with van der Waals surface area (Å²) in [6.45, 7) is 6.18. The Balaban J connectivity index is 2.11. The molecular weight excluding hydrogens is 326 g/mol. The van der Waals surface area contributed by atoms with E-state index in [0.29, 0.717) is 29.8 Å². The summed E-state index contributed by atoms with van der Waals surface area (Å²) >= 11 is 0. The van der Waals surface area contributed by atoms with Crippen molar-refractivity contribution in [1.82, 2.24) is 4.72 Å². The Kier molecular flexibility index (Phi) is 6.07. The van der Waals surface area contributed by atoms with Gasteiger partial charge >= 0.3 is 0 Å². The Morgan fingerprint density at radius 3 is 2.62 bits per heavy atom. The molecule has 5 nitrogen and oxygen atoms in total. The number of rotatable bonds is 8. The molecule has 1 aromatic carbocycles. The number of aryl methyl sites for hydroxylation is 2. The molecule has 0 saturated carbocycles. The van der Waals surface area contributed by atoms with Crippen molar-refractivity contribution in [3.63, 3.8) is 0 Å². The van der Waals surface area contributed by atoms with Gasteiger partial charge in [-0.05, 0) is 54.7 Å². The van der Waals surface area contributed by atoms with Crippen molar-refractivity contribution in [3.8, 4) is 5.75 Å². The van der Waals surface area contributed by atoms with Crippen LogP contribution in [0.3, 0.4) is 0 Å². The van der Waals surface area contributed by atoms with E-state index in [1.54, 1.807) is 32.4 Å². The summed E-state index contributed by atoms with van der Waals surface area (Å²) in [5, 5.41) is 0. The van der Waals surface area contributed by atoms with E-state index in [4.69, 9.17) is 9.15 Å². The van der Waals surface area contributed by atoms with Gasteiger partial charge in [0.25, 0.3) is 0 Å². The Hall–Kier alpha value is -1.79. The first-order valence-corrected chi connectivity index (χ1v) is 9.54. The van der Waals surface area contributed by atoms with Crippen LogP contribution in [0.2, 0.25) is 0 Å². The van der Waals surface area contributed by atoms with Crippen LogP contribution in [0.1, 0.15) is 43.1 Å². The molecule has 0 spiro atoms. The highest BCUT2D eigenvalue weighted by Crippen LogP contribution is 2.31. The fraction of sp³-hybridized carbons (Fsp3) is 0.444. The number of hydrogen-bond acceptors (Lipinski definition) is 4. The lowest BCUT2D eigenvalue weighted by Gasteiger charge is -2.16. The first-order chi connectivity index (χ1) is 11.3. The number of nitrogens with one attached hydrogen (secondary N) is 1. The standard InChI is InChI=1S/C18H25NO4S/c1-13(2)16-12-18(14(3)11-17(16)22-4)24(20,21)19-9-5-7-15-8-6-10-23-15/h6,8,10-13,19H,5,7,9H2,1-4H3. The molecule has 1 N–H and O–H groups in total. The van der Waals surface area contributed by atoms with Crippen LogP contribution in [-0.2, 0) is 16.4 Å². The third-order valence-corrected chi connectivity index (χ3v) is 5.51. The number of sulfonamides is 1. The topological polar surface area (TPSA) is 68.5 Å². The fourth-order valence-corrected chi connectivity index (χ4v) is 3.93. The SMILES string of the molecule is COc1cc(C)c(S(=O)(=O)NCCCc2ccco2)cc1C(C)C. The van der Waals surface area contributed by atoms with Gasteiger partial charge < -0.3 is 9.15 Å². The molecule has 0 aliphatic carbocycles. The fourth-order valence-electron chi connectivity index (χ4n) is 2.60. The highest BCUT2D eigenvalue weighted by atomic mass is 32.2. The van der Waals surface area contributed by atoms with Crippen LogP contribution >= 0.6 is 0 Å². The van der Waals surface area contributed by atoms with Gasteiger partial charge in [-0.1, -0.05) is 13.8 Å². The zero-order valence-corrected chi connectivity index (χ0v) is 15.4. The third kappa shape index (κ3) is 4.39. The average molecular weight is 351 g/mol. The van der Waals surface area contributed by atoms with E-state index < -0.39 is 10.0 Å². The third-order valence-electron chi connectivity index (χ3n) is 3.91. The Morgan fingerprint density at radius 1 is 1.29 bits per heavy atom. The van der Waals surface area contributed by atoms with Crippen molar-refractivity contribution < 1.29 is 17.6 Å². The lowest BCUT2D eigenvalue weighted by Crippen LogP contribution is -2.26. The summed E-state index contributed by atoms with van der Waals surface area (Å²) in [6.07, 6.45) is 3.00. The van der Waals surface area contributed by atoms with Crippen LogP contribution in [0.5, 0.6) is 5.75 Å². The van der Waals surface area contributed by atoms with Crippen molar-refractivity contribution in [1.29, 1.82) is 0 Å². The minimum atomic E-state index is -3.55. The van der Waals surface area contributed by atoms with Gasteiger partial charge in [-0.15, -0.1) is 0 Å². The van der Waals surface area contributed by atoms with E-state index in [-0.39, 0.29) is 5.92 Å². The number of hydrogen-bond donors (Lipinski definition) is 1. The molecule has 0 bridgehead atoms. The van der Waals surface area contributed by atoms with E-state index in [9.17, 15) is 8.42 Å². The maximum Gasteiger partial charge on any atom is 0.240 e. The molecule has 0 unspecified atom stereocenters. The van der Waals surface area contributed by atoms with Crippen LogP contribution in [0.15, 0.2) is 39.8 Å². The lowest BCUT2D eigenvalue weighted by molar-refractivity contribution is 0.406. The molecule has 2 aromatic rings. The summed E-state index contributed by atoms with van der Waals surface area (Å²) < 4.78 is 38.5. The van der Waals surface area contributed by atoms with Gasteiger partial charge in [0.1, 0.15) is 11.5 Å². The number of ether oxygens (including phenoxy) is 1. The molecule has 0 saturated heterocycles. The normalized spacial score (nSPS) is 11.9. The van der Waals surface area contributed by atoms with Crippen LogP contribution in [-0.4, -0.2) is 22.1 Å². The minimum Gasteiger partial charge on any atom is -0.496 e. The first-order valence-electron chi connectivity index (χ1n) is 8.05. The second-order valence-electron chi connectivity index (χ2n) is 6.10.